The van der Waals surface area contributed by atoms with Crippen LogP contribution in [0.3, 0.4) is 0 Å². The topological polar surface area (TPSA) is 0 Å². The van der Waals surface area contributed by atoms with Crippen molar-refractivity contribution < 1.29 is 0 Å². The second kappa shape index (κ2) is 12.3. The molecule has 0 radical (unpaired) electrons. The van der Waals surface area contributed by atoms with Gasteiger partial charge < -0.3 is 0 Å². The molecule has 0 saturated heterocycles. The van der Waals surface area contributed by atoms with Crippen LogP contribution in [-0.2, 0) is 6.42 Å². The lowest BCUT2D eigenvalue weighted by molar-refractivity contribution is 0.294. The van der Waals surface area contributed by atoms with E-state index in [1.54, 1.807) is 5.56 Å². The lowest BCUT2D eigenvalue weighted by atomic mass is 9.78. The van der Waals surface area contributed by atoms with Crippen LogP contribution < -0.4 is 0 Å². The maximum atomic E-state index is 3.56. The third-order valence-corrected chi connectivity index (χ3v) is 7.32. The molecule has 158 valence electrons. The quantitative estimate of drug-likeness (QED) is 0.409. The molecule has 0 amide bonds. The van der Waals surface area contributed by atoms with E-state index >= 15 is 0 Å². The van der Waals surface area contributed by atoms with Crippen molar-refractivity contribution in [1.29, 1.82) is 0 Å². The average molecular weight is 391 g/mol. The molecule has 0 heteroatoms. The first-order valence-corrected chi connectivity index (χ1v) is 12.5. The molecule has 1 aromatic carbocycles. The molecule has 0 heterocycles. The molecule has 0 nitrogen and oxygen atoms in total. The van der Waals surface area contributed by atoms with Crippen molar-refractivity contribution in [1.82, 2.24) is 0 Å². The lowest BCUT2D eigenvalue weighted by Crippen LogP contribution is -2.12. The predicted molar refractivity (Wildman–Crippen MR) is 127 cm³/mol. The van der Waals surface area contributed by atoms with Crippen LogP contribution in [0.1, 0.15) is 108 Å². The summed E-state index contributed by atoms with van der Waals surface area (Å²) in [6.45, 7) is 4.59. The van der Waals surface area contributed by atoms with Gasteiger partial charge in [0.25, 0.3) is 0 Å². The van der Waals surface area contributed by atoms with E-state index in [-0.39, 0.29) is 0 Å². The van der Waals surface area contributed by atoms with Crippen LogP contribution in [-0.4, -0.2) is 0 Å². The normalized spacial score (nSPS) is 27.5. The van der Waals surface area contributed by atoms with Crippen LogP contribution in [0.15, 0.2) is 36.4 Å². The van der Waals surface area contributed by atoms with Crippen molar-refractivity contribution in [3.05, 3.63) is 47.5 Å². The number of unbranched alkanes of at least 4 members (excludes halogenated alkanes) is 1. The molecule has 29 heavy (non-hydrogen) atoms. The highest BCUT2D eigenvalue weighted by Gasteiger charge is 2.21. The highest BCUT2D eigenvalue weighted by Crippen LogP contribution is 2.36. The SMILES string of the molecule is CCCCc1ccc(C2CCC(C#CC=CC3CCC(CCC)CC3)CC2)cc1. The van der Waals surface area contributed by atoms with Gasteiger partial charge in [-0.3, -0.25) is 0 Å². The van der Waals surface area contributed by atoms with Crippen molar-refractivity contribution in [3.63, 3.8) is 0 Å². The van der Waals surface area contributed by atoms with Crippen LogP contribution in [0.25, 0.3) is 0 Å². The summed E-state index contributed by atoms with van der Waals surface area (Å²) in [5.41, 5.74) is 3.05. The Kier molecular flexibility index (Phi) is 9.40. The predicted octanol–water partition coefficient (Wildman–Crippen LogP) is 8.47. The van der Waals surface area contributed by atoms with Crippen LogP contribution in [0.4, 0.5) is 0 Å². The Morgan fingerprint density at radius 2 is 1.59 bits per heavy atom. The first kappa shape index (κ1) is 22.2. The smallest absolute Gasteiger partial charge is 0.0206 e. The fourth-order valence-corrected chi connectivity index (χ4v) is 5.34. The van der Waals surface area contributed by atoms with Gasteiger partial charge in [-0.2, -0.15) is 0 Å². The molecule has 3 rings (SSSR count). The van der Waals surface area contributed by atoms with Gasteiger partial charge in [-0.25, -0.2) is 0 Å². The van der Waals surface area contributed by atoms with E-state index in [2.05, 4.69) is 62.1 Å². The Morgan fingerprint density at radius 1 is 0.862 bits per heavy atom. The van der Waals surface area contributed by atoms with Crippen molar-refractivity contribution >= 4 is 0 Å². The van der Waals surface area contributed by atoms with E-state index in [1.165, 1.54) is 89.0 Å². The monoisotopic (exact) mass is 390 g/mol. The zero-order valence-corrected chi connectivity index (χ0v) is 19.0. The van der Waals surface area contributed by atoms with E-state index < -0.39 is 0 Å². The molecule has 0 atom stereocenters. The first-order chi connectivity index (χ1) is 14.3. The molecule has 2 saturated carbocycles. The van der Waals surface area contributed by atoms with Gasteiger partial charge >= 0.3 is 0 Å². The Balaban J connectivity index is 1.38. The van der Waals surface area contributed by atoms with Gasteiger partial charge in [-0.1, -0.05) is 75.3 Å². The summed E-state index contributed by atoms with van der Waals surface area (Å²) in [6.07, 6.45) is 21.9. The lowest BCUT2D eigenvalue weighted by Gasteiger charge is -2.26. The minimum Gasteiger partial charge on any atom is -0.0951 e. The fraction of sp³-hybridized carbons (Fsp3) is 0.655. The van der Waals surface area contributed by atoms with Crippen molar-refractivity contribution in [2.45, 2.75) is 103 Å². The van der Waals surface area contributed by atoms with Gasteiger partial charge in [-0.05, 0) is 99.2 Å². The standard InChI is InChI=1S/C29H42/c1-3-5-9-25-16-20-28(21-17-25)29-22-18-27(19-23-29)11-7-6-10-26-14-12-24(8-4-2)13-15-26/h6,10,16-17,20-21,24,26-27,29H,3-5,8-9,12-15,18-19,22-23H2,1-2H3. The molecule has 2 aliphatic carbocycles. The number of hydrogen-bond acceptors (Lipinski definition) is 0. The second-order valence-electron chi connectivity index (χ2n) is 9.61. The zero-order valence-electron chi connectivity index (χ0n) is 19.0. The van der Waals surface area contributed by atoms with E-state index in [0.717, 1.165) is 17.8 Å². The number of benzene rings is 1. The van der Waals surface area contributed by atoms with Crippen molar-refractivity contribution in [3.8, 4) is 11.8 Å². The fourth-order valence-electron chi connectivity index (χ4n) is 5.34. The highest BCUT2D eigenvalue weighted by atomic mass is 14.3. The van der Waals surface area contributed by atoms with Gasteiger partial charge in [0.05, 0.1) is 0 Å². The van der Waals surface area contributed by atoms with Crippen LogP contribution in [0.2, 0.25) is 0 Å². The second-order valence-corrected chi connectivity index (χ2v) is 9.61. The molecule has 0 bridgehead atoms. The average Bonchev–Trinajstić information content (AvgIpc) is 2.77. The molecule has 2 fully saturated rings. The van der Waals surface area contributed by atoms with Crippen molar-refractivity contribution in [2.75, 3.05) is 0 Å². The molecule has 0 aliphatic heterocycles. The first-order valence-electron chi connectivity index (χ1n) is 12.5. The van der Waals surface area contributed by atoms with Crippen molar-refractivity contribution in [2.24, 2.45) is 17.8 Å². The van der Waals surface area contributed by atoms with Crippen LogP contribution >= 0.6 is 0 Å². The summed E-state index contributed by atoms with van der Waals surface area (Å²) in [4.78, 5) is 0. The Labute approximate surface area is 180 Å². The summed E-state index contributed by atoms with van der Waals surface area (Å²) in [5.74, 6) is 10.1. The molecule has 1 aromatic rings. The van der Waals surface area contributed by atoms with Crippen LogP contribution in [0.5, 0.6) is 0 Å². The Morgan fingerprint density at radius 3 is 2.24 bits per heavy atom. The van der Waals surface area contributed by atoms with E-state index in [1.807, 2.05) is 0 Å². The summed E-state index contributed by atoms with van der Waals surface area (Å²) >= 11 is 0. The van der Waals surface area contributed by atoms with Gasteiger partial charge in [0.2, 0.25) is 0 Å². The minimum absolute atomic E-state index is 0.611. The molecule has 0 aromatic heterocycles. The zero-order chi connectivity index (χ0) is 20.3. The number of allylic oxidation sites excluding steroid dienone is 2. The highest BCUT2D eigenvalue weighted by molar-refractivity contribution is 5.26. The Hall–Kier alpha value is -1.48. The van der Waals surface area contributed by atoms with E-state index in [4.69, 9.17) is 0 Å². The largest absolute Gasteiger partial charge is 0.0951 e. The van der Waals surface area contributed by atoms with Gasteiger partial charge in [0.15, 0.2) is 0 Å². The number of rotatable bonds is 7. The third kappa shape index (κ3) is 7.37. The third-order valence-electron chi connectivity index (χ3n) is 7.32. The van der Waals surface area contributed by atoms with Crippen LogP contribution in [0, 0.1) is 29.6 Å². The van der Waals surface area contributed by atoms with Gasteiger partial charge in [0, 0.05) is 5.92 Å². The molecule has 2 aliphatic rings. The summed E-state index contributed by atoms with van der Waals surface area (Å²) in [6, 6.07) is 9.49. The van der Waals surface area contributed by atoms with Gasteiger partial charge in [0.1, 0.15) is 0 Å². The molecular formula is C29H42. The molecular weight excluding hydrogens is 348 g/mol. The number of hydrogen-bond donors (Lipinski definition) is 0. The Bertz CT molecular complexity index is 652. The maximum absolute atomic E-state index is 3.56. The molecule has 0 N–H and O–H groups in total. The van der Waals surface area contributed by atoms with E-state index in [0.29, 0.717) is 5.92 Å². The molecule has 0 spiro atoms. The summed E-state index contributed by atoms with van der Waals surface area (Å²) in [5, 5.41) is 0. The maximum Gasteiger partial charge on any atom is 0.0206 e. The van der Waals surface area contributed by atoms with E-state index in [9.17, 15) is 0 Å². The number of aryl methyl sites for hydroxylation is 1. The minimum atomic E-state index is 0.611. The van der Waals surface area contributed by atoms with Gasteiger partial charge in [-0.15, -0.1) is 0 Å². The summed E-state index contributed by atoms with van der Waals surface area (Å²) < 4.78 is 0. The summed E-state index contributed by atoms with van der Waals surface area (Å²) in [7, 11) is 0. The molecule has 0 unspecified atom stereocenters.